The summed E-state index contributed by atoms with van der Waals surface area (Å²) in [5.74, 6) is 0. The number of fused-ring (bicyclic) bond motifs is 3. The number of aromatic amines is 1. The normalized spacial score (nSPS) is 11.3. The third-order valence-electron chi connectivity index (χ3n) is 2.68. The molecule has 0 atom stereocenters. The molecule has 0 fully saturated rings. The van der Waals surface area contributed by atoms with Crippen LogP contribution in [0.3, 0.4) is 0 Å². The van der Waals surface area contributed by atoms with Crippen LogP contribution in [0.5, 0.6) is 0 Å². The van der Waals surface area contributed by atoms with Crippen LogP contribution >= 0.6 is 0 Å². The summed E-state index contributed by atoms with van der Waals surface area (Å²) in [5, 5.41) is 1.01. The number of para-hydroxylation sites is 1. The van der Waals surface area contributed by atoms with Crippen molar-refractivity contribution in [3.05, 3.63) is 40.9 Å². The number of nitrogens with zero attached hydrogens (tertiary/aromatic N) is 2. The minimum absolute atomic E-state index is 0.0984. The lowest BCUT2D eigenvalue weighted by atomic mass is 10.2. The third kappa shape index (κ3) is 0.958. The van der Waals surface area contributed by atoms with Crippen molar-refractivity contribution in [2.45, 2.75) is 0 Å². The molecule has 15 heavy (non-hydrogen) atoms. The van der Waals surface area contributed by atoms with Gasteiger partial charge in [-0.2, -0.15) is 0 Å². The summed E-state index contributed by atoms with van der Waals surface area (Å²) in [6, 6.07) is 7.86. The maximum atomic E-state index is 11.7. The second kappa shape index (κ2) is 2.70. The highest BCUT2D eigenvalue weighted by molar-refractivity contribution is 6.05. The zero-order valence-corrected chi connectivity index (χ0v) is 8.19. The maximum absolute atomic E-state index is 11.7. The van der Waals surface area contributed by atoms with Gasteiger partial charge in [-0.15, -0.1) is 0 Å². The van der Waals surface area contributed by atoms with E-state index in [0.717, 1.165) is 16.4 Å². The van der Waals surface area contributed by atoms with Crippen LogP contribution in [-0.2, 0) is 7.05 Å². The number of rotatable bonds is 0. The van der Waals surface area contributed by atoms with Crippen molar-refractivity contribution >= 4 is 21.9 Å². The van der Waals surface area contributed by atoms with E-state index in [1.165, 1.54) is 6.33 Å². The van der Waals surface area contributed by atoms with Crippen molar-refractivity contribution in [1.29, 1.82) is 0 Å². The van der Waals surface area contributed by atoms with Crippen molar-refractivity contribution in [1.82, 2.24) is 14.5 Å². The van der Waals surface area contributed by atoms with Gasteiger partial charge in [0.1, 0.15) is 11.0 Å². The minimum Gasteiger partial charge on any atom is -0.338 e. The molecule has 0 aliphatic rings. The number of aryl methyl sites for hydroxylation is 1. The molecule has 1 aromatic carbocycles. The Hall–Kier alpha value is -2.10. The first-order valence-corrected chi connectivity index (χ1v) is 4.70. The van der Waals surface area contributed by atoms with E-state index in [4.69, 9.17) is 0 Å². The predicted molar refractivity (Wildman–Crippen MR) is 58.8 cm³/mol. The highest BCUT2D eigenvalue weighted by Crippen LogP contribution is 2.22. The number of H-pyrrole nitrogens is 1. The second-order valence-electron chi connectivity index (χ2n) is 3.51. The number of hydrogen-bond donors (Lipinski definition) is 1. The number of hydrogen-bond acceptors (Lipinski definition) is 2. The Morgan fingerprint density at radius 1 is 1.33 bits per heavy atom. The van der Waals surface area contributed by atoms with E-state index >= 15 is 0 Å². The zero-order chi connectivity index (χ0) is 10.4. The summed E-state index contributed by atoms with van der Waals surface area (Å²) in [6.07, 6.45) is 1.44. The third-order valence-corrected chi connectivity index (χ3v) is 2.68. The Morgan fingerprint density at radius 2 is 2.13 bits per heavy atom. The van der Waals surface area contributed by atoms with Gasteiger partial charge < -0.3 is 9.55 Å². The lowest BCUT2D eigenvalue weighted by Crippen LogP contribution is -2.09. The highest BCUT2D eigenvalue weighted by atomic mass is 16.1. The average molecular weight is 199 g/mol. The molecule has 3 rings (SSSR count). The van der Waals surface area contributed by atoms with E-state index in [9.17, 15) is 4.79 Å². The smallest absolute Gasteiger partial charge is 0.275 e. The monoisotopic (exact) mass is 199 g/mol. The van der Waals surface area contributed by atoms with Gasteiger partial charge in [-0.25, -0.2) is 4.98 Å². The van der Waals surface area contributed by atoms with Gasteiger partial charge in [0.25, 0.3) is 5.56 Å². The Balaban J connectivity index is 2.76. The SMILES string of the molecule is Cn1c2ccccc2c2nc[nH]c(=O)c21. The number of benzene rings is 1. The van der Waals surface area contributed by atoms with Crippen LogP contribution in [0.1, 0.15) is 0 Å². The quantitative estimate of drug-likeness (QED) is 0.595. The van der Waals surface area contributed by atoms with Crippen LogP contribution in [-0.4, -0.2) is 14.5 Å². The fourth-order valence-corrected chi connectivity index (χ4v) is 1.99. The van der Waals surface area contributed by atoms with E-state index in [2.05, 4.69) is 9.97 Å². The van der Waals surface area contributed by atoms with Crippen molar-refractivity contribution in [2.24, 2.45) is 7.05 Å². The molecular formula is C11H9N3O. The molecule has 0 saturated heterocycles. The molecule has 74 valence electrons. The van der Waals surface area contributed by atoms with E-state index in [1.807, 2.05) is 35.9 Å². The first kappa shape index (κ1) is 8.23. The van der Waals surface area contributed by atoms with E-state index in [0.29, 0.717) is 5.52 Å². The fraction of sp³-hybridized carbons (Fsp3) is 0.0909. The van der Waals surface area contributed by atoms with Gasteiger partial charge >= 0.3 is 0 Å². The number of nitrogens with one attached hydrogen (secondary N) is 1. The second-order valence-corrected chi connectivity index (χ2v) is 3.51. The Bertz CT molecular complexity index is 708. The topological polar surface area (TPSA) is 50.7 Å². The molecule has 0 radical (unpaired) electrons. The molecule has 4 heteroatoms. The van der Waals surface area contributed by atoms with Crippen LogP contribution in [0, 0.1) is 0 Å². The lowest BCUT2D eigenvalue weighted by molar-refractivity contribution is 0.992. The van der Waals surface area contributed by atoms with E-state index in [-0.39, 0.29) is 5.56 Å². The Labute approximate surface area is 85.2 Å². The fourth-order valence-electron chi connectivity index (χ4n) is 1.99. The summed E-state index contributed by atoms with van der Waals surface area (Å²) < 4.78 is 1.87. The van der Waals surface area contributed by atoms with Gasteiger partial charge in [-0.1, -0.05) is 18.2 Å². The summed E-state index contributed by atoms with van der Waals surface area (Å²) in [6.45, 7) is 0. The number of aromatic nitrogens is 3. The Kier molecular flexibility index (Phi) is 1.48. The van der Waals surface area contributed by atoms with Crippen molar-refractivity contribution < 1.29 is 0 Å². The molecule has 1 N–H and O–H groups in total. The largest absolute Gasteiger partial charge is 0.338 e. The van der Waals surface area contributed by atoms with Gasteiger partial charge in [0, 0.05) is 12.4 Å². The van der Waals surface area contributed by atoms with Gasteiger partial charge in [-0.05, 0) is 6.07 Å². The van der Waals surface area contributed by atoms with E-state index in [1.54, 1.807) is 0 Å². The molecule has 2 heterocycles. The molecule has 0 aliphatic carbocycles. The van der Waals surface area contributed by atoms with Gasteiger partial charge in [0.15, 0.2) is 0 Å². The zero-order valence-electron chi connectivity index (χ0n) is 8.19. The van der Waals surface area contributed by atoms with Gasteiger partial charge in [0.05, 0.1) is 11.8 Å². The van der Waals surface area contributed by atoms with Crippen LogP contribution in [0.2, 0.25) is 0 Å². The molecule has 2 aromatic heterocycles. The summed E-state index contributed by atoms with van der Waals surface area (Å²) in [7, 11) is 1.88. The molecule has 0 spiro atoms. The minimum atomic E-state index is -0.0984. The standard InChI is InChI=1S/C11H9N3O/c1-14-8-5-3-2-4-7(8)9-10(14)11(15)13-6-12-9/h2-6H,1H3,(H,12,13,15). The summed E-state index contributed by atoms with van der Waals surface area (Å²) >= 11 is 0. The van der Waals surface area contributed by atoms with Crippen LogP contribution < -0.4 is 5.56 Å². The summed E-state index contributed by atoms with van der Waals surface area (Å²) in [4.78, 5) is 18.5. The summed E-state index contributed by atoms with van der Waals surface area (Å²) in [5.41, 5.74) is 2.31. The van der Waals surface area contributed by atoms with Crippen molar-refractivity contribution in [3.63, 3.8) is 0 Å². The predicted octanol–water partition coefficient (Wildman–Crippen LogP) is 1.41. The Morgan fingerprint density at radius 3 is 3.00 bits per heavy atom. The van der Waals surface area contributed by atoms with Gasteiger partial charge in [0.2, 0.25) is 0 Å². The van der Waals surface area contributed by atoms with Gasteiger partial charge in [-0.3, -0.25) is 4.79 Å². The molecular weight excluding hydrogens is 190 g/mol. The van der Waals surface area contributed by atoms with E-state index < -0.39 is 0 Å². The molecule has 4 nitrogen and oxygen atoms in total. The first-order valence-electron chi connectivity index (χ1n) is 4.70. The lowest BCUT2D eigenvalue weighted by Gasteiger charge is -1.94. The van der Waals surface area contributed by atoms with Crippen LogP contribution in [0.4, 0.5) is 0 Å². The van der Waals surface area contributed by atoms with Crippen LogP contribution in [0.25, 0.3) is 21.9 Å². The molecule has 0 bridgehead atoms. The van der Waals surface area contributed by atoms with Crippen molar-refractivity contribution in [2.75, 3.05) is 0 Å². The average Bonchev–Trinajstić information content (AvgIpc) is 2.55. The van der Waals surface area contributed by atoms with Crippen LogP contribution in [0.15, 0.2) is 35.4 Å². The molecule has 0 aliphatic heterocycles. The molecule has 0 amide bonds. The molecule has 0 saturated carbocycles. The highest BCUT2D eigenvalue weighted by Gasteiger charge is 2.10. The maximum Gasteiger partial charge on any atom is 0.275 e. The van der Waals surface area contributed by atoms with Crippen molar-refractivity contribution in [3.8, 4) is 0 Å². The molecule has 3 aromatic rings. The first-order chi connectivity index (χ1) is 7.29. The molecule has 0 unspecified atom stereocenters.